The summed E-state index contributed by atoms with van der Waals surface area (Å²) in [6.45, 7) is 4.58. The van der Waals surface area contributed by atoms with Crippen LogP contribution in [0.3, 0.4) is 0 Å². The van der Waals surface area contributed by atoms with E-state index in [9.17, 15) is 9.59 Å². The van der Waals surface area contributed by atoms with E-state index in [0.29, 0.717) is 12.5 Å². The first kappa shape index (κ1) is 15.8. The summed E-state index contributed by atoms with van der Waals surface area (Å²) in [5, 5.41) is 20.3. The van der Waals surface area contributed by atoms with Crippen LogP contribution in [0.1, 0.15) is 39.5 Å². The third-order valence-corrected chi connectivity index (χ3v) is 3.21. The molecule has 1 saturated carbocycles. The Morgan fingerprint density at radius 3 is 2.37 bits per heavy atom. The van der Waals surface area contributed by atoms with Gasteiger partial charge in [-0.15, -0.1) is 0 Å². The number of aliphatic hydroxyl groups excluding tert-OH is 1. The summed E-state index contributed by atoms with van der Waals surface area (Å²) < 4.78 is 0. The van der Waals surface area contributed by atoms with Crippen molar-refractivity contribution < 1.29 is 19.8 Å². The second-order valence-corrected chi connectivity index (χ2v) is 5.46. The van der Waals surface area contributed by atoms with Crippen LogP contribution in [-0.2, 0) is 4.79 Å². The monoisotopic (exact) mass is 272 g/mol. The van der Waals surface area contributed by atoms with E-state index in [0.717, 1.165) is 19.3 Å². The molecule has 1 atom stereocenters. The number of aliphatic carboxylic acids is 1. The smallest absolute Gasteiger partial charge is 0.326 e. The highest BCUT2D eigenvalue weighted by atomic mass is 16.4. The Morgan fingerprint density at radius 1 is 1.32 bits per heavy atom. The van der Waals surface area contributed by atoms with Crippen molar-refractivity contribution in [2.75, 3.05) is 13.2 Å². The Labute approximate surface area is 113 Å². The number of aliphatic hydroxyl groups is 1. The van der Waals surface area contributed by atoms with Crippen molar-refractivity contribution in [3.05, 3.63) is 0 Å². The first-order chi connectivity index (χ1) is 8.95. The molecule has 0 aromatic heterocycles. The molecule has 0 radical (unpaired) electrons. The van der Waals surface area contributed by atoms with Crippen molar-refractivity contribution in [1.29, 1.82) is 0 Å². The van der Waals surface area contributed by atoms with Gasteiger partial charge in [0, 0.05) is 25.6 Å². The lowest BCUT2D eigenvalue weighted by molar-refractivity contribution is -0.139. The average molecular weight is 272 g/mol. The zero-order valence-corrected chi connectivity index (χ0v) is 11.6. The van der Waals surface area contributed by atoms with Crippen LogP contribution in [0, 0.1) is 5.92 Å². The lowest BCUT2D eigenvalue weighted by atomic mass is 10.1. The maximum Gasteiger partial charge on any atom is 0.326 e. The van der Waals surface area contributed by atoms with E-state index in [4.69, 9.17) is 10.2 Å². The number of carbonyl (C=O) groups is 2. The topological polar surface area (TPSA) is 89.9 Å². The highest BCUT2D eigenvalue weighted by Crippen LogP contribution is 2.27. The maximum absolute atomic E-state index is 12.1. The van der Waals surface area contributed by atoms with Crippen molar-refractivity contribution >= 4 is 12.0 Å². The summed E-state index contributed by atoms with van der Waals surface area (Å²) in [6.07, 6.45) is 2.91. The maximum atomic E-state index is 12.1. The summed E-state index contributed by atoms with van der Waals surface area (Å²) in [5.41, 5.74) is 0. The predicted molar refractivity (Wildman–Crippen MR) is 70.8 cm³/mol. The van der Waals surface area contributed by atoms with Gasteiger partial charge < -0.3 is 20.4 Å². The Kier molecular flexibility index (Phi) is 6.08. The highest BCUT2D eigenvalue weighted by molar-refractivity contribution is 5.82. The lowest BCUT2D eigenvalue weighted by Gasteiger charge is -2.25. The number of urea groups is 1. The second kappa shape index (κ2) is 7.33. The van der Waals surface area contributed by atoms with Crippen LogP contribution >= 0.6 is 0 Å². The van der Waals surface area contributed by atoms with Crippen LogP contribution in [0.5, 0.6) is 0 Å². The Balaban J connectivity index is 2.53. The summed E-state index contributed by atoms with van der Waals surface area (Å²) in [6, 6.07) is -1.09. The minimum Gasteiger partial charge on any atom is -0.480 e. The van der Waals surface area contributed by atoms with Crippen molar-refractivity contribution in [2.24, 2.45) is 5.92 Å². The first-order valence-corrected chi connectivity index (χ1v) is 6.86. The molecular formula is C13H24N2O4. The Bertz CT molecular complexity index is 316. The molecule has 1 aliphatic rings. The molecule has 19 heavy (non-hydrogen) atoms. The summed E-state index contributed by atoms with van der Waals surface area (Å²) in [7, 11) is 0. The molecule has 3 N–H and O–H groups in total. The second-order valence-electron chi connectivity index (χ2n) is 5.46. The van der Waals surface area contributed by atoms with Crippen LogP contribution in [0.15, 0.2) is 0 Å². The summed E-state index contributed by atoms with van der Waals surface area (Å²) in [4.78, 5) is 24.8. The fourth-order valence-electron chi connectivity index (χ4n) is 1.85. The van der Waals surface area contributed by atoms with Gasteiger partial charge in [-0.2, -0.15) is 0 Å². The zero-order chi connectivity index (χ0) is 14.4. The summed E-state index contributed by atoms with van der Waals surface area (Å²) in [5.74, 6) is -0.608. The van der Waals surface area contributed by atoms with Gasteiger partial charge in [0.2, 0.25) is 0 Å². The van der Waals surface area contributed by atoms with Crippen LogP contribution < -0.4 is 5.32 Å². The number of carboxylic acid groups (broad SMARTS) is 1. The largest absolute Gasteiger partial charge is 0.480 e. The minimum atomic E-state index is -1.11. The molecule has 0 saturated heterocycles. The van der Waals surface area contributed by atoms with E-state index in [-0.39, 0.29) is 25.1 Å². The SMILES string of the molecule is CC(C)CCN(C(=O)N[C@H](CCO)C(=O)O)C1CC1. The van der Waals surface area contributed by atoms with Gasteiger partial charge in [0.1, 0.15) is 6.04 Å². The van der Waals surface area contributed by atoms with Crippen LogP contribution in [0.25, 0.3) is 0 Å². The van der Waals surface area contributed by atoms with Gasteiger partial charge in [-0.05, 0) is 25.2 Å². The van der Waals surface area contributed by atoms with Gasteiger partial charge in [0.05, 0.1) is 0 Å². The van der Waals surface area contributed by atoms with Gasteiger partial charge in [0.25, 0.3) is 0 Å². The van der Waals surface area contributed by atoms with Gasteiger partial charge >= 0.3 is 12.0 Å². The van der Waals surface area contributed by atoms with E-state index in [1.807, 2.05) is 0 Å². The fourth-order valence-corrected chi connectivity index (χ4v) is 1.85. The number of hydrogen-bond acceptors (Lipinski definition) is 3. The van der Waals surface area contributed by atoms with Crippen LogP contribution in [0.4, 0.5) is 4.79 Å². The third-order valence-electron chi connectivity index (χ3n) is 3.21. The average Bonchev–Trinajstić information content (AvgIpc) is 3.12. The zero-order valence-electron chi connectivity index (χ0n) is 11.6. The molecule has 6 heteroatoms. The van der Waals surface area contributed by atoms with Crippen molar-refractivity contribution in [1.82, 2.24) is 10.2 Å². The molecule has 110 valence electrons. The Morgan fingerprint density at radius 2 is 1.95 bits per heavy atom. The molecule has 0 aromatic rings. The number of carboxylic acids is 1. The quantitative estimate of drug-likeness (QED) is 0.616. The number of amides is 2. The van der Waals surface area contributed by atoms with E-state index in [1.54, 1.807) is 4.90 Å². The molecule has 1 rings (SSSR count). The van der Waals surface area contributed by atoms with E-state index < -0.39 is 12.0 Å². The number of nitrogens with zero attached hydrogens (tertiary/aromatic N) is 1. The van der Waals surface area contributed by atoms with E-state index in [2.05, 4.69) is 19.2 Å². The van der Waals surface area contributed by atoms with Crippen LogP contribution in [-0.4, -0.2) is 52.3 Å². The number of carbonyl (C=O) groups excluding carboxylic acids is 1. The molecule has 1 fully saturated rings. The van der Waals surface area contributed by atoms with Gasteiger partial charge in [-0.3, -0.25) is 0 Å². The molecule has 0 spiro atoms. The van der Waals surface area contributed by atoms with E-state index in [1.165, 1.54) is 0 Å². The van der Waals surface area contributed by atoms with E-state index >= 15 is 0 Å². The predicted octanol–water partition coefficient (Wildman–Crippen LogP) is 1.04. The molecular weight excluding hydrogens is 248 g/mol. The van der Waals surface area contributed by atoms with Gasteiger partial charge in [0.15, 0.2) is 0 Å². The summed E-state index contributed by atoms with van der Waals surface area (Å²) >= 11 is 0. The molecule has 0 aromatic carbocycles. The standard InChI is InChI=1S/C13H24N2O4/c1-9(2)5-7-15(10-3-4-10)13(19)14-11(6-8-16)12(17)18/h9-11,16H,3-8H2,1-2H3,(H,14,19)(H,17,18)/t11-/m1/s1. The number of rotatable bonds is 8. The normalized spacial score (nSPS) is 16.2. The lowest BCUT2D eigenvalue weighted by Crippen LogP contribution is -2.49. The molecule has 0 bridgehead atoms. The van der Waals surface area contributed by atoms with Gasteiger partial charge in [-0.25, -0.2) is 9.59 Å². The minimum absolute atomic E-state index is 0.0315. The van der Waals surface area contributed by atoms with Crippen LogP contribution in [0.2, 0.25) is 0 Å². The van der Waals surface area contributed by atoms with Crippen molar-refractivity contribution in [3.63, 3.8) is 0 Å². The van der Waals surface area contributed by atoms with Crippen molar-refractivity contribution in [3.8, 4) is 0 Å². The molecule has 6 nitrogen and oxygen atoms in total. The number of hydrogen-bond donors (Lipinski definition) is 3. The molecule has 0 heterocycles. The molecule has 2 amide bonds. The molecule has 1 aliphatic carbocycles. The van der Waals surface area contributed by atoms with Gasteiger partial charge in [-0.1, -0.05) is 13.8 Å². The molecule has 0 unspecified atom stereocenters. The van der Waals surface area contributed by atoms with Crippen molar-refractivity contribution in [2.45, 2.75) is 51.6 Å². The fraction of sp³-hybridized carbons (Fsp3) is 0.846. The Hall–Kier alpha value is -1.30. The molecule has 0 aliphatic heterocycles. The third kappa shape index (κ3) is 5.46. The number of nitrogens with one attached hydrogen (secondary N) is 1. The first-order valence-electron chi connectivity index (χ1n) is 6.86. The highest BCUT2D eigenvalue weighted by Gasteiger charge is 2.33.